The van der Waals surface area contributed by atoms with Gasteiger partial charge in [-0.3, -0.25) is 9.97 Å². The van der Waals surface area contributed by atoms with E-state index in [0.717, 1.165) is 38.3 Å². The van der Waals surface area contributed by atoms with Crippen LogP contribution in [0.1, 0.15) is 0 Å². The normalized spacial score (nSPS) is 11.0. The Kier molecular flexibility index (Phi) is 3.84. The van der Waals surface area contributed by atoms with E-state index in [1.54, 1.807) is 12.4 Å². The van der Waals surface area contributed by atoms with Crippen LogP contribution in [0.4, 0.5) is 16.2 Å². The number of benzene rings is 3. The fourth-order valence-corrected chi connectivity index (χ4v) is 3.43. The van der Waals surface area contributed by atoms with Crippen molar-refractivity contribution < 1.29 is 4.79 Å². The number of aromatic nitrogens is 2. The van der Waals surface area contributed by atoms with Crippen molar-refractivity contribution in [2.45, 2.75) is 0 Å². The zero-order chi connectivity index (χ0) is 18.9. The van der Waals surface area contributed by atoms with E-state index in [0.29, 0.717) is 5.69 Å². The van der Waals surface area contributed by atoms with Gasteiger partial charge in [-0.25, -0.2) is 4.79 Å². The van der Waals surface area contributed by atoms with Gasteiger partial charge < -0.3 is 10.6 Å². The second-order valence-electron chi connectivity index (χ2n) is 6.54. The van der Waals surface area contributed by atoms with Gasteiger partial charge in [-0.1, -0.05) is 36.4 Å². The van der Waals surface area contributed by atoms with Crippen LogP contribution in [0.5, 0.6) is 0 Å². The lowest BCUT2D eigenvalue weighted by molar-refractivity contribution is 0.262. The van der Waals surface area contributed by atoms with Crippen molar-refractivity contribution in [2.75, 3.05) is 10.6 Å². The van der Waals surface area contributed by atoms with Crippen LogP contribution in [-0.2, 0) is 0 Å². The molecule has 0 saturated carbocycles. The highest BCUT2D eigenvalue weighted by Crippen LogP contribution is 2.29. The molecule has 28 heavy (non-hydrogen) atoms. The van der Waals surface area contributed by atoms with Gasteiger partial charge in [0.05, 0.1) is 16.7 Å². The number of amides is 2. The van der Waals surface area contributed by atoms with Gasteiger partial charge in [-0.15, -0.1) is 0 Å². The standard InChI is InChI=1S/C23H16N4O/c28-23(26-18-10-9-15-5-1-2-6-16(15)13-18)27-20-14-17-7-3-11-24-21(17)22-19(20)8-4-12-25-22/h1-14H,(H2,26,27,28). The number of carbonyl (C=O) groups is 1. The quantitative estimate of drug-likeness (QED) is 0.402. The molecule has 2 heterocycles. The molecule has 134 valence electrons. The van der Waals surface area contributed by atoms with E-state index in [1.807, 2.05) is 72.8 Å². The van der Waals surface area contributed by atoms with Crippen LogP contribution in [0, 0.1) is 0 Å². The fraction of sp³-hybridized carbons (Fsp3) is 0. The number of nitrogens with zero attached hydrogens (tertiary/aromatic N) is 2. The third-order valence-corrected chi connectivity index (χ3v) is 4.72. The summed E-state index contributed by atoms with van der Waals surface area (Å²) in [6.45, 7) is 0. The van der Waals surface area contributed by atoms with Crippen LogP contribution in [-0.4, -0.2) is 16.0 Å². The summed E-state index contributed by atoms with van der Waals surface area (Å²) in [5, 5.41) is 9.85. The SMILES string of the molecule is O=C(Nc1ccc2ccccc2c1)Nc1cc2cccnc2c2ncccc12. The van der Waals surface area contributed by atoms with Gasteiger partial charge in [0, 0.05) is 28.9 Å². The first-order valence-corrected chi connectivity index (χ1v) is 8.97. The number of hydrogen-bond acceptors (Lipinski definition) is 3. The first kappa shape index (κ1) is 16.2. The third-order valence-electron chi connectivity index (χ3n) is 4.72. The van der Waals surface area contributed by atoms with Crippen molar-refractivity contribution >= 4 is 50.0 Å². The predicted molar refractivity (Wildman–Crippen MR) is 114 cm³/mol. The molecule has 0 aliphatic heterocycles. The van der Waals surface area contributed by atoms with Gasteiger partial charge in [0.15, 0.2) is 0 Å². The Bertz CT molecular complexity index is 1350. The lowest BCUT2D eigenvalue weighted by Crippen LogP contribution is -2.19. The van der Waals surface area contributed by atoms with Gasteiger partial charge in [0.2, 0.25) is 0 Å². The molecule has 0 saturated heterocycles. The Balaban J connectivity index is 1.49. The Morgan fingerprint density at radius 1 is 0.679 bits per heavy atom. The van der Waals surface area contributed by atoms with E-state index < -0.39 is 0 Å². The largest absolute Gasteiger partial charge is 0.323 e. The summed E-state index contributed by atoms with van der Waals surface area (Å²) in [6, 6.07) is 23.1. The molecule has 2 aromatic heterocycles. The second-order valence-corrected chi connectivity index (χ2v) is 6.54. The zero-order valence-corrected chi connectivity index (χ0v) is 14.9. The average molecular weight is 364 g/mol. The summed E-state index contributed by atoms with van der Waals surface area (Å²) in [7, 11) is 0. The molecule has 0 aliphatic rings. The zero-order valence-electron chi connectivity index (χ0n) is 14.9. The molecule has 0 aliphatic carbocycles. The fourth-order valence-electron chi connectivity index (χ4n) is 3.43. The maximum absolute atomic E-state index is 12.6. The summed E-state index contributed by atoms with van der Waals surface area (Å²) in [5.74, 6) is 0. The van der Waals surface area contributed by atoms with Gasteiger partial charge in [-0.2, -0.15) is 0 Å². The number of pyridine rings is 2. The highest BCUT2D eigenvalue weighted by Gasteiger charge is 2.11. The first-order chi connectivity index (χ1) is 13.8. The van der Waals surface area contributed by atoms with Gasteiger partial charge in [0.25, 0.3) is 0 Å². The van der Waals surface area contributed by atoms with Crippen molar-refractivity contribution in [2.24, 2.45) is 0 Å². The van der Waals surface area contributed by atoms with Crippen LogP contribution in [0.3, 0.4) is 0 Å². The molecule has 0 radical (unpaired) electrons. The number of carbonyl (C=O) groups excluding carboxylic acids is 1. The minimum atomic E-state index is -0.302. The monoisotopic (exact) mass is 364 g/mol. The molecule has 5 aromatic rings. The number of rotatable bonds is 2. The van der Waals surface area contributed by atoms with E-state index in [2.05, 4.69) is 20.6 Å². The summed E-state index contributed by atoms with van der Waals surface area (Å²) < 4.78 is 0. The van der Waals surface area contributed by atoms with E-state index in [-0.39, 0.29) is 6.03 Å². The molecule has 0 unspecified atom stereocenters. The van der Waals surface area contributed by atoms with E-state index in [4.69, 9.17) is 0 Å². The lowest BCUT2D eigenvalue weighted by Gasteiger charge is -2.12. The van der Waals surface area contributed by atoms with Gasteiger partial charge in [-0.05, 0) is 47.2 Å². The molecule has 0 fully saturated rings. The third kappa shape index (κ3) is 2.89. The number of hydrogen-bond donors (Lipinski definition) is 2. The molecule has 0 atom stereocenters. The molecule has 5 nitrogen and oxygen atoms in total. The van der Waals surface area contributed by atoms with Crippen molar-refractivity contribution in [3.63, 3.8) is 0 Å². The number of nitrogens with one attached hydrogen (secondary N) is 2. The minimum absolute atomic E-state index is 0.302. The van der Waals surface area contributed by atoms with Crippen molar-refractivity contribution in [3.8, 4) is 0 Å². The van der Waals surface area contributed by atoms with Crippen LogP contribution >= 0.6 is 0 Å². The Labute approximate surface area is 161 Å². The molecule has 0 bridgehead atoms. The number of anilines is 2. The molecular weight excluding hydrogens is 348 g/mol. The van der Waals surface area contributed by atoms with Gasteiger partial charge >= 0.3 is 6.03 Å². The van der Waals surface area contributed by atoms with E-state index in [1.165, 1.54) is 0 Å². The highest BCUT2D eigenvalue weighted by atomic mass is 16.2. The lowest BCUT2D eigenvalue weighted by atomic mass is 10.1. The Morgan fingerprint density at radius 3 is 2.32 bits per heavy atom. The van der Waals surface area contributed by atoms with E-state index in [9.17, 15) is 4.79 Å². The summed E-state index contributed by atoms with van der Waals surface area (Å²) in [5.41, 5.74) is 3.02. The van der Waals surface area contributed by atoms with Crippen LogP contribution in [0.2, 0.25) is 0 Å². The van der Waals surface area contributed by atoms with Crippen LogP contribution in [0.15, 0.2) is 85.2 Å². The molecular formula is C23H16N4O. The summed E-state index contributed by atoms with van der Waals surface area (Å²) in [4.78, 5) is 21.5. The predicted octanol–water partition coefficient (Wildman–Crippen LogP) is 5.58. The Hall–Kier alpha value is -3.99. The van der Waals surface area contributed by atoms with Crippen molar-refractivity contribution in [3.05, 3.63) is 85.2 Å². The molecule has 5 heteroatoms. The first-order valence-electron chi connectivity index (χ1n) is 8.97. The Morgan fingerprint density at radius 2 is 1.43 bits per heavy atom. The molecule has 2 amide bonds. The average Bonchev–Trinajstić information content (AvgIpc) is 2.74. The number of urea groups is 1. The number of fused-ring (bicyclic) bond motifs is 4. The topological polar surface area (TPSA) is 66.9 Å². The molecule has 3 aromatic carbocycles. The van der Waals surface area contributed by atoms with Crippen LogP contribution in [0.25, 0.3) is 32.6 Å². The maximum atomic E-state index is 12.6. The van der Waals surface area contributed by atoms with Gasteiger partial charge in [0.1, 0.15) is 0 Å². The van der Waals surface area contributed by atoms with Crippen molar-refractivity contribution in [1.29, 1.82) is 0 Å². The molecule has 0 spiro atoms. The maximum Gasteiger partial charge on any atom is 0.323 e. The highest BCUT2D eigenvalue weighted by molar-refractivity contribution is 6.13. The summed E-state index contributed by atoms with van der Waals surface area (Å²) in [6.07, 6.45) is 3.48. The smallest absolute Gasteiger partial charge is 0.308 e. The van der Waals surface area contributed by atoms with E-state index >= 15 is 0 Å². The molecule has 5 rings (SSSR count). The molecule has 2 N–H and O–H groups in total. The summed E-state index contributed by atoms with van der Waals surface area (Å²) >= 11 is 0. The van der Waals surface area contributed by atoms with Crippen LogP contribution < -0.4 is 10.6 Å². The minimum Gasteiger partial charge on any atom is -0.308 e. The van der Waals surface area contributed by atoms with Crippen molar-refractivity contribution in [1.82, 2.24) is 9.97 Å². The second kappa shape index (κ2) is 6.63.